The average Bonchev–Trinajstić information content (AvgIpc) is 2.57. The molecule has 0 spiro atoms. The van der Waals surface area contributed by atoms with Crippen molar-refractivity contribution in [3.63, 3.8) is 0 Å². The summed E-state index contributed by atoms with van der Waals surface area (Å²) in [6.45, 7) is 0.797. The number of urea groups is 1. The first-order valence-corrected chi connectivity index (χ1v) is 8.25. The van der Waals surface area contributed by atoms with Crippen LogP contribution in [0.4, 0.5) is 4.79 Å². The number of carbonyl (C=O) groups excluding carboxylic acids is 1. The lowest BCUT2D eigenvalue weighted by molar-refractivity contribution is -0.0158. The molecule has 0 fully saturated rings. The first-order chi connectivity index (χ1) is 11.4. The number of aliphatic hydroxyl groups is 4. The molecule has 0 aromatic carbocycles. The van der Waals surface area contributed by atoms with Gasteiger partial charge >= 0.3 is 6.03 Å². The quantitative estimate of drug-likeness (QED) is 0.181. The van der Waals surface area contributed by atoms with E-state index in [9.17, 15) is 15.0 Å². The van der Waals surface area contributed by atoms with Crippen molar-refractivity contribution in [3.8, 4) is 0 Å². The minimum Gasteiger partial charge on any atom is -0.396 e. The van der Waals surface area contributed by atoms with Crippen LogP contribution in [0.5, 0.6) is 0 Å². The predicted octanol–water partition coefficient (Wildman–Crippen LogP) is -1.86. The van der Waals surface area contributed by atoms with Gasteiger partial charge in [-0.05, 0) is 19.8 Å². The van der Waals surface area contributed by atoms with Gasteiger partial charge in [0.15, 0.2) is 0 Å². The molecule has 9 heteroatoms. The van der Waals surface area contributed by atoms with Crippen LogP contribution >= 0.6 is 0 Å². The predicted molar refractivity (Wildman–Crippen MR) is 89.4 cm³/mol. The molecule has 24 heavy (non-hydrogen) atoms. The number of ether oxygens (including phenoxy) is 1. The zero-order valence-electron chi connectivity index (χ0n) is 14.4. The number of carbonyl (C=O) groups is 1. The third-order valence-electron chi connectivity index (χ3n) is 3.60. The van der Waals surface area contributed by atoms with Crippen molar-refractivity contribution in [2.24, 2.45) is 11.7 Å². The number of hydrogen-bond donors (Lipinski definition) is 7. The summed E-state index contributed by atoms with van der Waals surface area (Å²) < 4.78 is 5.30. The van der Waals surface area contributed by atoms with Crippen molar-refractivity contribution < 1.29 is 30.0 Å². The van der Waals surface area contributed by atoms with E-state index < -0.39 is 30.7 Å². The topological polar surface area (TPSA) is 157 Å². The molecule has 0 saturated carbocycles. The lowest BCUT2D eigenvalue weighted by Gasteiger charge is -2.31. The fraction of sp³-hybridized carbons (Fsp3) is 0.933. The molecule has 0 radical (unpaired) electrons. The number of amides is 2. The molecule has 0 aliphatic rings. The second-order valence-electron chi connectivity index (χ2n) is 6.20. The minimum atomic E-state index is -1.33. The molecule has 0 aliphatic carbocycles. The van der Waals surface area contributed by atoms with Crippen molar-refractivity contribution in [2.45, 2.75) is 37.8 Å². The SMILES string of the molecule is C[C@H](N)CCCCNC(=O)NC(CO)(CO)COCC(CO)CO. The number of aliphatic hydroxyl groups excluding tert-OH is 4. The van der Waals surface area contributed by atoms with Gasteiger partial charge in [-0.3, -0.25) is 0 Å². The molecule has 144 valence electrons. The summed E-state index contributed by atoms with van der Waals surface area (Å²) >= 11 is 0. The van der Waals surface area contributed by atoms with Crippen LogP contribution in [0.25, 0.3) is 0 Å². The van der Waals surface area contributed by atoms with Crippen molar-refractivity contribution >= 4 is 6.03 Å². The summed E-state index contributed by atoms with van der Waals surface area (Å²) in [5.74, 6) is -0.446. The zero-order valence-corrected chi connectivity index (χ0v) is 14.4. The largest absolute Gasteiger partial charge is 0.396 e. The lowest BCUT2D eigenvalue weighted by atomic mass is 10.0. The number of rotatable bonds is 14. The molecular formula is C15H33N3O6. The molecular weight excluding hydrogens is 318 g/mol. The molecule has 9 nitrogen and oxygen atoms in total. The molecule has 0 aliphatic heterocycles. The second kappa shape index (κ2) is 13.3. The van der Waals surface area contributed by atoms with Gasteiger partial charge in [0, 0.05) is 18.5 Å². The second-order valence-corrected chi connectivity index (χ2v) is 6.20. The average molecular weight is 351 g/mol. The number of nitrogens with one attached hydrogen (secondary N) is 2. The summed E-state index contributed by atoms with van der Waals surface area (Å²) in [6.07, 6.45) is 2.56. The van der Waals surface area contributed by atoms with Gasteiger partial charge < -0.3 is 41.5 Å². The van der Waals surface area contributed by atoms with Gasteiger partial charge in [-0.2, -0.15) is 0 Å². The standard InChI is InChI=1S/C15H33N3O6/c1-12(16)4-2-3-5-17-14(23)18-15(9-21,10-22)11-24-8-13(6-19)7-20/h12-13,19-22H,2-11,16H2,1H3,(H2,17,18,23)/t12-/m0/s1. The van der Waals surface area contributed by atoms with E-state index in [0.29, 0.717) is 6.54 Å². The van der Waals surface area contributed by atoms with Crippen molar-refractivity contribution in [3.05, 3.63) is 0 Å². The minimum absolute atomic E-state index is 0.0509. The van der Waals surface area contributed by atoms with Crippen molar-refractivity contribution in [1.82, 2.24) is 10.6 Å². The number of nitrogens with two attached hydrogens (primary N) is 1. The third kappa shape index (κ3) is 10.0. The molecule has 0 aromatic heterocycles. The smallest absolute Gasteiger partial charge is 0.315 e. The van der Waals surface area contributed by atoms with Crippen LogP contribution in [0.2, 0.25) is 0 Å². The molecule has 0 heterocycles. The number of hydrogen-bond acceptors (Lipinski definition) is 7. The van der Waals surface area contributed by atoms with Gasteiger partial charge in [-0.1, -0.05) is 6.42 Å². The van der Waals surface area contributed by atoms with Gasteiger partial charge in [-0.25, -0.2) is 4.79 Å². The molecule has 0 unspecified atom stereocenters. The molecule has 0 bridgehead atoms. The molecule has 0 saturated heterocycles. The normalized spacial score (nSPS) is 13.1. The van der Waals surface area contributed by atoms with E-state index in [4.69, 9.17) is 20.7 Å². The van der Waals surface area contributed by atoms with Gasteiger partial charge in [0.1, 0.15) is 5.54 Å². The van der Waals surface area contributed by atoms with E-state index in [1.54, 1.807) is 0 Å². The van der Waals surface area contributed by atoms with Gasteiger partial charge in [0.2, 0.25) is 0 Å². The monoisotopic (exact) mass is 351 g/mol. The Hall–Kier alpha value is -0.970. The van der Waals surface area contributed by atoms with E-state index >= 15 is 0 Å². The fourth-order valence-electron chi connectivity index (χ4n) is 1.92. The van der Waals surface area contributed by atoms with Crippen molar-refractivity contribution in [2.75, 3.05) is 46.2 Å². The van der Waals surface area contributed by atoms with Crippen LogP contribution in [0, 0.1) is 5.92 Å². The van der Waals surface area contributed by atoms with Crippen LogP contribution < -0.4 is 16.4 Å². The Morgan fingerprint density at radius 3 is 2.29 bits per heavy atom. The first-order valence-electron chi connectivity index (χ1n) is 8.25. The molecule has 1 atom stereocenters. The van der Waals surface area contributed by atoms with Gasteiger partial charge in [-0.15, -0.1) is 0 Å². The van der Waals surface area contributed by atoms with E-state index in [1.807, 2.05) is 6.92 Å². The Morgan fingerprint density at radius 2 is 1.79 bits per heavy atom. The van der Waals surface area contributed by atoms with Gasteiger partial charge in [0.05, 0.1) is 39.6 Å². The van der Waals surface area contributed by atoms with Crippen LogP contribution in [0.3, 0.4) is 0 Å². The van der Waals surface area contributed by atoms with Crippen LogP contribution in [-0.4, -0.2) is 84.2 Å². The summed E-state index contributed by atoms with van der Waals surface area (Å²) in [6, 6.07) is -0.377. The van der Waals surface area contributed by atoms with E-state index in [0.717, 1.165) is 19.3 Å². The highest BCUT2D eigenvalue weighted by Crippen LogP contribution is 2.06. The first kappa shape index (κ1) is 23.0. The highest BCUT2D eigenvalue weighted by molar-refractivity contribution is 5.74. The summed E-state index contributed by atoms with van der Waals surface area (Å²) in [5, 5.41) is 42.1. The Kier molecular flexibility index (Phi) is 12.8. The Morgan fingerprint density at radius 1 is 1.17 bits per heavy atom. The lowest BCUT2D eigenvalue weighted by Crippen LogP contribution is -2.60. The molecule has 0 rings (SSSR count). The highest BCUT2D eigenvalue weighted by Gasteiger charge is 2.31. The summed E-state index contributed by atoms with van der Waals surface area (Å²) in [7, 11) is 0. The van der Waals surface area contributed by atoms with E-state index in [1.165, 1.54) is 0 Å². The van der Waals surface area contributed by atoms with Gasteiger partial charge in [0.25, 0.3) is 0 Å². The fourth-order valence-corrected chi connectivity index (χ4v) is 1.92. The van der Waals surface area contributed by atoms with E-state index in [2.05, 4.69) is 10.6 Å². The zero-order chi connectivity index (χ0) is 18.4. The molecule has 8 N–H and O–H groups in total. The van der Waals surface area contributed by atoms with Crippen LogP contribution in [-0.2, 0) is 4.74 Å². The van der Waals surface area contributed by atoms with Crippen LogP contribution in [0.15, 0.2) is 0 Å². The summed E-state index contributed by atoms with van der Waals surface area (Å²) in [5.41, 5.74) is 4.31. The summed E-state index contributed by atoms with van der Waals surface area (Å²) in [4.78, 5) is 11.9. The molecule has 0 aromatic rings. The van der Waals surface area contributed by atoms with Crippen molar-refractivity contribution in [1.29, 1.82) is 0 Å². The maximum atomic E-state index is 11.9. The highest BCUT2D eigenvalue weighted by atomic mass is 16.5. The Bertz CT molecular complexity index is 322. The van der Waals surface area contributed by atoms with E-state index in [-0.39, 0.29) is 32.5 Å². The van der Waals surface area contributed by atoms with Crippen LogP contribution in [0.1, 0.15) is 26.2 Å². The third-order valence-corrected chi connectivity index (χ3v) is 3.60. The number of unbranched alkanes of at least 4 members (excludes halogenated alkanes) is 1. The Balaban J connectivity index is 4.21. The maximum absolute atomic E-state index is 11.9. The molecule has 2 amide bonds. The Labute approximate surface area is 143 Å². The maximum Gasteiger partial charge on any atom is 0.315 e.